The molecule has 0 aromatic carbocycles. The molecule has 0 radical (unpaired) electrons. The summed E-state index contributed by atoms with van der Waals surface area (Å²) in [5.41, 5.74) is 0. The largest absolute Gasteiger partial charge is 0.544 e. The molecule has 0 fully saturated rings. The number of likely N-dealkylation sites (N-methyl/N-ethyl adjacent to an activating group) is 1. The van der Waals surface area contributed by atoms with Gasteiger partial charge in [0.05, 0.1) is 40.3 Å². The Hall–Kier alpha value is -2.71. The van der Waals surface area contributed by atoms with Crippen LogP contribution in [0.25, 0.3) is 0 Å². The number of esters is 2. The van der Waals surface area contributed by atoms with Gasteiger partial charge in [-0.3, -0.25) is 9.59 Å². The number of carboxylic acids is 1. The van der Waals surface area contributed by atoms with Gasteiger partial charge in [0.2, 0.25) is 0 Å². The number of nitrogens with zero attached hydrogens (tertiary/aromatic N) is 1. The number of hydrogen-bond acceptors (Lipinski definition) is 7. The summed E-state index contributed by atoms with van der Waals surface area (Å²) in [7, 11) is 5.41. The van der Waals surface area contributed by atoms with E-state index in [1.807, 2.05) is 0 Å². The van der Waals surface area contributed by atoms with Gasteiger partial charge in [-0.25, -0.2) is 0 Å². The van der Waals surface area contributed by atoms with Crippen molar-refractivity contribution in [2.24, 2.45) is 0 Å². The minimum Gasteiger partial charge on any atom is -0.544 e. The third-order valence-electron chi connectivity index (χ3n) is 10.8. The lowest BCUT2D eigenvalue weighted by molar-refractivity contribution is -0.889. The lowest BCUT2D eigenvalue weighted by Crippen LogP contribution is -2.55. The van der Waals surface area contributed by atoms with Crippen molar-refractivity contribution >= 4 is 17.9 Å². The maximum absolute atomic E-state index is 12.8. The minimum atomic E-state index is -1.13. The Bertz CT molecular complexity index is 1110. The summed E-state index contributed by atoms with van der Waals surface area (Å²) < 4.78 is 17.2. The van der Waals surface area contributed by atoms with Gasteiger partial charge in [-0.2, -0.15) is 0 Å². The van der Waals surface area contributed by atoms with Crippen LogP contribution >= 0.6 is 0 Å². The van der Waals surface area contributed by atoms with E-state index < -0.39 is 18.1 Å². The molecule has 2 unspecified atom stereocenters. The number of hydrogen-bond donors (Lipinski definition) is 0. The molecular weight excluding hydrogens is 739 g/mol. The van der Waals surface area contributed by atoms with Crippen molar-refractivity contribution in [2.75, 3.05) is 41.0 Å². The van der Waals surface area contributed by atoms with Gasteiger partial charge >= 0.3 is 11.9 Å². The van der Waals surface area contributed by atoms with Gasteiger partial charge in [0.15, 0.2) is 6.10 Å². The van der Waals surface area contributed by atoms with E-state index in [-0.39, 0.29) is 42.7 Å². The molecular formula is C51H91NO7. The van der Waals surface area contributed by atoms with Crippen molar-refractivity contribution in [3.05, 3.63) is 48.6 Å². The quantitative estimate of drug-likeness (QED) is 0.0198. The fourth-order valence-corrected chi connectivity index (χ4v) is 7.01. The van der Waals surface area contributed by atoms with E-state index in [1.165, 1.54) is 122 Å². The Morgan fingerprint density at radius 1 is 0.525 bits per heavy atom. The average Bonchev–Trinajstić information content (AvgIpc) is 3.19. The number of carbonyl (C=O) groups is 3. The van der Waals surface area contributed by atoms with Crippen LogP contribution in [0.1, 0.15) is 206 Å². The molecule has 8 heteroatoms. The number of allylic oxidation sites excluding steroid dienone is 8. The zero-order chi connectivity index (χ0) is 43.5. The summed E-state index contributed by atoms with van der Waals surface area (Å²) in [6.45, 7) is 4.53. The van der Waals surface area contributed by atoms with Crippen molar-refractivity contribution in [2.45, 2.75) is 219 Å². The summed E-state index contributed by atoms with van der Waals surface area (Å²) in [6.07, 6.45) is 49.9. The molecule has 59 heavy (non-hydrogen) atoms. The molecule has 342 valence electrons. The molecule has 0 aromatic rings. The van der Waals surface area contributed by atoms with Crippen LogP contribution in [-0.4, -0.2) is 75.5 Å². The predicted molar refractivity (Wildman–Crippen MR) is 245 cm³/mol. The summed E-state index contributed by atoms with van der Waals surface area (Å²) in [5.74, 6) is -1.75. The van der Waals surface area contributed by atoms with Crippen molar-refractivity contribution < 1.29 is 38.2 Å². The summed E-state index contributed by atoms with van der Waals surface area (Å²) in [4.78, 5) is 36.9. The van der Waals surface area contributed by atoms with Crippen LogP contribution in [0.2, 0.25) is 0 Å². The highest BCUT2D eigenvalue weighted by molar-refractivity contribution is 5.70. The molecule has 0 N–H and O–H groups in total. The van der Waals surface area contributed by atoms with Crippen LogP contribution in [0, 0.1) is 0 Å². The van der Waals surface area contributed by atoms with Crippen LogP contribution in [0.3, 0.4) is 0 Å². The molecule has 0 heterocycles. The van der Waals surface area contributed by atoms with Crippen molar-refractivity contribution in [3.63, 3.8) is 0 Å². The maximum atomic E-state index is 12.8. The first-order valence-corrected chi connectivity index (χ1v) is 24.2. The number of carbonyl (C=O) groups excluding carboxylic acids is 3. The Morgan fingerprint density at radius 2 is 0.966 bits per heavy atom. The molecule has 0 aliphatic rings. The molecule has 0 aliphatic heterocycles. The molecule has 0 rings (SSSR count). The van der Waals surface area contributed by atoms with Gasteiger partial charge < -0.3 is 28.6 Å². The molecule has 0 saturated heterocycles. The Morgan fingerprint density at radius 3 is 1.44 bits per heavy atom. The molecule has 2 atom stereocenters. The van der Waals surface area contributed by atoms with Gasteiger partial charge in [-0.1, -0.05) is 178 Å². The standard InChI is InChI=1S/C51H91NO7/c1-6-8-10-12-14-16-18-20-22-23-24-25-26-28-30-32-34-36-38-40-42-50(54)59-47(45-57-44-43-48(51(55)56)52(3,4)5)46-58-49(53)41-39-37-35-33-31-29-27-21-19-17-15-13-11-9-7-2/h9,11,13,15,17,19,24-25,47-48H,6-8,10,12,14,16,18,20-23,26-46H2,1-5H3/b11-9+,15-13+,19-17+,25-24+. The zero-order valence-electron chi connectivity index (χ0n) is 38.9. The number of aliphatic carboxylic acids is 1. The molecule has 0 bridgehead atoms. The van der Waals surface area contributed by atoms with E-state index in [0.717, 1.165) is 51.4 Å². The lowest BCUT2D eigenvalue weighted by atomic mass is 10.1. The van der Waals surface area contributed by atoms with Crippen LogP contribution in [0.4, 0.5) is 0 Å². The molecule has 0 saturated carbocycles. The van der Waals surface area contributed by atoms with Crippen LogP contribution < -0.4 is 5.11 Å². The van der Waals surface area contributed by atoms with Crippen LogP contribution in [0.5, 0.6) is 0 Å². The predicted octanol–water partition coefficient (Wildman–Crippen LogP) is 12.3. The lowest BCUT2D eigenvalue weighted by Gasteiger charge is -2.34. The molecule has 0 amide bonds. The Labute approximate surface area is 363 Å². The van der Waals surface area contributed by atoms with E-state index >= 15 is 0 Å². The molecule has 0 spiro atoms. The maximum Gasteiger partial charge on any atom is 0.306 e. The van der Waals surface area contributed by atoms with Crippen LogP contribution in [0.15, 0.2) is 48.6 Å². The summed E-state index contributed by atoms with van der Waals surface area (Å²) in [6, 6.07) is -0.729. The second-order valence-corrected chi connectivity index (χ2v) is 17.4. The first-order valence-electron chi connectivity index (χ1n) is 24.2. The van der Waals surface area contributed by atoms with Gasteiger partial charge in [-0.15, -0.1) is 0 Å². The van der Waals surface area contributed by atoms with Crippen LogP contribution in [-0.2, 0) is 28.6 Å². The number of unbranched alkanes of at least 4 members (excludes halogenated alkanes) is 23. The molecule has 0 aromatic heterocycles. The third kappa shape index (κ3) is 40.5. The number of ether oxygens (including phenoxy) is 3. The van der Waals surface area contributed by atoms with E-state index in [1.54, 1.807) is 21.1 Å². The average molecular weight is 830 g/mol. The number of carboxylic acid groups (broad SMARTS) is 1. The third-order valence-corrected chi connectivity index (χ3v) is 10.8. The number of quaternary nitrogens is 1. The SMILES string of the molecule is CC/C=C/C=C/C=C/CCCCCCCCCC(=O)OCC(COCCC(C(=O)[O-])[N+](C)(C)C)OC(=O)CCCCCCCCC/C=C/CCCCCCCCCCC. The highest BCUT2D eigenvalue weighted by Gasteiger charge is 2.25. The fourth-order valence-electron chi connectivity index (χ4n) is 7.01. The Kier molecular flexibility index (Phi) is 40.1. The minimum absolute atomic E-state index is 0.0349. The van der Waals surface area contributed by atoms with E-state index in [4.69, 9.17) is 14.2 Å². The summed E-state index contributed by atoms with van der Waals surface area (Å²) in [5, 5.41) is 11.6. The van der Waals surface area contributed by atoms with Crippen molar-refractivity contribution in [1.29, 1.82) is 0 Å². The van der Waals surface area contributed by atoms with E-state index in [9.17, 15) is 19.5 Å². The zero-order valence-corrected chi connectivity index (χ0v) is 38.9. The second-order valence-electron chi connectivity index (χ2n) is 17.4. The first kappa shape index (κ1) is 56.3. The van der Waals surface area contributed by atoms with Crippen molar-refractivity contribution in [1.82, 2.24) is 0 Å². The summed E-state index contributed by atoms with van der Waals surface area (Å²) >= 11 is 0. The number of rotatable bonds is 43. The van der Waals surface area contributed by atoms with Crippen molar-refractivity contribution in [3.8, 4) is 0 Å². The molecule has 0 aliphatic carbocycles. The second kappa shape index (κ2) is 42.0. The fraction of sp³-hybridized carbons (Fsp3) is 0.784. The highest BCUT2D eigenvalue weighted by atomic mass is 16.6. The smallest absolute Gasteiger partial charge is 0.306 e. The Balaban J connectivity index is 4.29. The monoisotopic (exact) mass is 830 g/mol. The van der Waals surface area contributed by atoms with Gasteiger partial charge in [-0.05, 0) is 57.8 Å². The van der Waals surface area contributed by atoms with E-state index in [2.05, 4.69) is 62.5 Å². The van der Waals surface area contributed by atoms with E-state index in [0.29, 0.717) is 12.8 Å². The first-order chi connectivity index (χ1) is 28.6. The normalized spacial score (nSPS) is 13.3. The highest BCUT2D eigenvalue weighted by Crippen LogP contribution is 2.15. The van der Waals surface area contributed by atoms with Gasteiger partial charge in [0.1, 0.15) is 12.6 Å². The van der Waals surface area contributed by atoms with Gasteiger partial charge in [0, 0.05) is 19.3 Å². The molecule has 8 nitrogen and oxygen atoms in total. The topological polar surface area (TPSA) is 102 Å². The van der Waals surface area contributed by atoms with Gasteiger partial charge in [0.25, 0.3) is 0 Å².